The number of benzene rings is 1. The molecule has 0 aliphatic heterocycles. The lowest BCUT2D eigenvalue weighted by Gasteiger charge is -2.25. The van der Waals surface area contributed by atoms with Crippen molar-refractivity contribution in [1.82, 2.24) is 16.0 Å². The molecule has 0 radical (unpaired) electrons. The Labute approximate surface area is 232 Å². The Balaban J connectivity index is 3.03. The van der Waals surface area contributed by atoms with E-state index in [9.17, 15) is 29.1 Å². The molecule has 15 heteroatoms. The van der Waals surface area contributed by atoms with Crippen LogP contribution < -0.4 is 44.6 Å². The van der Waals surface area contributed by atoms with Crippen LogP contribution in [0.25, 0.3) is 0 Å². The second kappa shape index (κ2) is 18.1. The largest absolute Gasteiger partial charge is 0.480 e. The molecule has 0 aliphatic carbocycles. The molecule has 1 rings (SSSR count). The van der Waals surface area contributed by atoms with Crippen molar-refractivity contribution in [3.8, 4) is 0 Å². The Hall–Kier alpha value is -4.24. The number of nitrogens with two attached hydrogens (primary N) is 5. The number of unbranched alkanes of at least 4 members (excludes halogenated alkanes) is 1. The molecule has 0 bridgehead atoms. The first-order chi connectivity index (χ1) is 18.9. The summed E-state index contributed by atoms with van der Waals surface area (Å²) in [6.45, 7) is 0.625. The minimum Gasteiger partial charge on any atom is -0.480 e. The van der Waals surface area contributed by atoms with E-state index < -0.39 is 60.2 Å². The van der Waals surface area contributed by atoms with Crippen LogP contribution in [0.15, 0.2) is 35.3 Å². The van der Waals surface area contributed by atoms with Gasteiger partial charge in [-0.1, -0.05) is 30.3 Å². The fourth-order valence-electron chi connectivity index (χ4n) is 3.69. The molecule has 1 aromatic rings. The Morgan fingerprint density at radius 2 is 1.40 bits per heavy atom. The minimum absolute atomic E-state index is 0.0425. The molecule has 1 aromatic carbocycles. The average molecular weight is 564 g/mol. The summed E-state index contributed by atoms with van der Waals surface area (Å²) in [6, 6.07) is 3.87. The molecular formula is C25H41N9O6. The monoisotopic (exact) mass is 563 g/mol. The molecule has 14 N–H and O–H groups in total. The van der Waals surface area contributed by atoms with Gasteiger partial charge in [-0.3, -0.25) is 24.2 Å². The molecule has 0 fully saturated rings. The van der Waals surface area contributed by atoms with Gasteiger partial charge < -0.3 is 49.7 Å². The van der Waals surface area contributed by atoms with Gasteiger partial charge in [-0.2, -0.15) is 0 Å². The first kappa shape index (κ1) is 33.8. The van der Waals surface area contributed by atoms with Crippen LogP contribution in [0.3, 0.4) is 0 Å². The average Bonchev–Trinajstić information content (AvgIpc) is 2.89. The highest BCUT2D eigenvalue weighted by Crippen LogP contribution is 2.07. The number of nitrogens with one attached hydrogen (secondary N) is 3. The lowest BCUT2D eigenvalue weighted by molar-refractivity contribution is -0.142. The summed E-state index contributed by atoms with van der Waals surface area (Å²) in [5, 5.41) is 16.8. The van der Waals surface area contributed by atoms with Gasteiger partial charge in [0.25, 0.3) is 0 Å². The second-order valence-electron chi connectivity index (χ2n) is 9.22. The zero-order valence-electron chi connectivity index (χ0n) is 22.4. The fourth-order valence-corrected chi connectivity index (χ4v) is 3.69. The van der Waals surface area contributed by atoms with Crippen LogP contribution in [0.4, 0.5) is 0 Å². The number of carbonyl (C=O) groups is 5. The second-order valence-corrected chi connectivity index (χ2v) is 9.22. The molecule has 0 heterocycles. The predicted octanol–water partition coefficient (Wildman–Crippen LogP) is -2.85. The third kappa shape index (κ3) is 13.5. The highest BCUT2D eigenvalue weighted by molar-refractivity contribution is 5.96. The van der Waals surface area contributed by atoms with E-state index in [0.29, 0.717) is 31.4 Å². The standard InChI is InChI=1S/C25H41N9O6/c26-11-5-4-10-17(24(39)40)32-23(38)19(14-20(28)35)34-22(37)18(13-15-7-2-1-3-8-15)33-21(36)16(27)9-6-12-31-25(29)30/h1-3,7-8,16-19H,4-6,9-14,26-27H2,(H2,28,35)(H,32,38)(H,33,36)(H,34,37)(H,39,40)(H4,29,30,31). The minimum atomic E-state index is -1.48. The third-order valence-corrected chi connectivity index (χ3v) is 5.82. The maximum atomic E-state index is 13.3. The van der Waals surface area contributed by atoms with Crippen molar-refractivity contribution in [3.63, 3.8) is 0 Å². The molecule has 0 spiro atoms. The highest BCUT2D eigenvalue weighted by atomic mass is 16.4. The van der Waals surface area contributed by atoms with Crippen LogP contribution in [0, 0.1) is 0 Å². The van der Waals surface area contributed by atoms with Gasteiger partial charge in [0.1, 0.15) is 18.1 Å². The molecule has 0 saturated carbocycles. The molecule has 0 saturated heterocycles. The van der Waals surface area contributed by atoms with E-state index in [-0.39, 0.29) is 31.8 Å². The number of amides is 4. The molecule has 222 valence electrons. The van der Waals surface area contributed by atoms with E-state index in [0.717, 1.165) is 0 Å². The van der Waals surface area contributed by atoms with Gasteiger partial charge in [0.15, 0.2) is 5.96 Å². The lowest BCUT2D eigenvalue weighted by atomic mass is 10.0. The van der Waals surface area contributed by atoms with Gasteiger partial charge in [0, 0.05) is 13.0 Å². The van der Waals surface area contributed by atoms with Crippen LogP contribution in [-0.2, 0) is 30.4 Å². The molecule has 0 aromatic heterocycles. The number of carbonyl (C=O) groups excluding carboxylic acids is 4. The number of hydrogen-bond acceptors (Lipinski definition) is 8. The summed E-state index contributed by atoms with van der Waals surface area (Å²) in [4.78, 5) is 66.1. The highest BCUT2D eigenvalue weighted by Gasteiger charge is 2.31. The van der Waals surface area contributed by atoms with Gasteiger partial charge in [0.05, 0.1) is 12.5 Å². The third-order valence-electron chi connectivity index (χ3n) is 5.82. The van der Waals surface area contributed by atoms with E-state index in [1.807, 2.05) is 0 Å². The Kier molecular flexibility index (Phi) is 15.3. The van der Waals surface area contributed by atoms with Crippen LogP contribution >= 0.6 is 0 Å². The summed E-state index contributed by atoms with van der Waals surface area (Å²) in [6.07, 6.45) is 1.19. The van der Waals surface area contributed by atoms with Gasteiger partial charge in [-0.15, -0.1) is 0 Å². The van der Waals surface area contributed by atoms with Gasteiger partial charge >= 0.3 is 5.97 Å². The van der Waals surface area contributed by atoms with Crippen molar-refractivity contribution >= 4 is 35.6 Å². The topological polar surface area (TPSA) is 284 Å². The van der Waals surface area contributed by atoms with E-state index in [4.69, 9.17) is 28.7 Å². The van der Waals surface area contributed by atoms with E-state index in [2.05, 4.69) is 20.9 Å². The smallest absolute Gasteiger partial charge is 0.326 e. The number of nitrogens with zero attached hydrogens (tertiary/aromatic N) is 1. The summed E-state index contributed by atoms with van der Waals surface area (Å²) < 4.78 is 0. The number of carboxylic acids is 1. The number of guanidine groups is 1. The Bertz CT molecular complexity index is 1020. The van der Waals surface area contributed by atoms with Crippen molar-refractivity contribution in [1.29, 1.82) is 0 Å². The van der Waals surface area contributed by atoms with Crippen LogP contribution in [0.5, 0.6) is 0 Å². The predicted molar refractivity (Wildman–Crippen MR) is 148 cm³/mol. The van der Waals surface area contributed by atoms with Gasteiger partial charge in [-0.05, 0) is 44.2 Å². The molecule has 4 unspecified atom stereocenters. The summed E-state index contributed by atoms with van der Waals surface area (Å²) in [5.41, 5.74) is 28.0. The first-order valence-electron chi connectivity index (χ1n) is 12.9. The number of hydrogen-bond donors (Lipinski definition) is 9. The van der Waals surface area contributed by atoms with Crippen molar-refractivity contribution in [2.45, 2.75) is 69.1 Å². The normalized spacial score (nSPS) is 13.7. The number of aliphatic carboxylic acids is 1. The Morgan fingerprint density at radius 3 is 1.98 bits per heavy atom. The van der Waals surface area contributed by atoms with Crippen molar-refractivity contribution < 1.29 is 29.1 Å². The number of aliphatic imine (C=N–C) groups is 1. The number of primary amides is 1. The number of rotatable bonds is 19. The van der Waals surface area contributed by atoms with Crippen LogP contribution in [0.2, 0.25) is 0 Å². The van der Waals surface area contributed by atoms with E-state index in [1.165, 1.54) is 0 Å². The molecular weight excluding hydrogens is 522 g/mol. The molecule has 4 atom stereocenters. The molecule has 0 aliphatic rings. The van der Waals surface area contributed by atoms with E-state index in [1.54, 1.807) is 30.3 Å². The van der Waals surface area contributed by atoms with Crippen molar-refractivity contribution in [3.05, 3.63) is 35.9 Å². The SMILES string of the molecule is NCCCCC(NC(=O)C(CC(N)=O)NC(=O)C(Cc1ccccc1)NC(=O)C(N)CCCN=C(N)N)C(=O)O. The zero-order valence-corrected chi connectivity index (χ0v) is 22.4. The first-order valence-corrected chi connectivity index (χ1v) is 12.9. The molecule has 15 nitrogen and oxygen atoms in total. The van der Waals surface area contributed by atoms with Gasteiger partial charge in [0.2, 0.25) is 23.6 Å². The zero-order chi connectivity index (χ0) is 30.1. The lowest BCUT2D eigenvalue weighted by Crippen LogP contribution is -2.58. The molecule has 4 amide bonds. The number of carboxylic acid groups (broad SMARTS) is 1. The van der Waals surface area contributed by atoms with Crippen molar-refractivity contribution in [2.75, 3.05) is 13.1 Å². The molecule has 40 heavy (non-hydrogen) atoms. The Morgan fingerprint density at radius 1 is 0.800 bits per heavy atom. The fraction of sp³-hybridized carbons (Fsp3) is 0.520. The maximum absolute atomic E-state index is 13.3. The van der Waals surface area contributed by atoms with Crippen molar-refractivity contribution in [2.24, 2.45) is 33.7 Å². The maximum Gasteiger partial charge on any atom is 0.326 e. The quantitative estimate of drug-likeness (QED) is 0.0471. The summed E-state index contributed by atoms with van der Waals surface area (Å²) in [5.74, 6) is -4.59. The summed E-state index contributed by atoms with van der Waals surface area (Å²) in [7, 11) is 0. The van der Waals surface area contributed by atoms with Gasteiger partial charge in [-0.25, -0.2) is 4.79 Å². The summed E-state index contributed by atoms with van der Waals surface area (Å²) >= 11 is 0. The van der Waals surface area contributed by atoms with E-state index >= 15 is 0 Å². The van der Waals surface area contributed by atoms with Crippen LogP contribution in [0.1, 0.15) is 44.1 Å². The van der Waals surface area contributed by atoms with Crippen LogP contribution in [-0.4, -0.2) is 77.9 Å².